The quantitative estimate of drug-likeness (QED) is 0.791. The Bertz CT molecular complexity index is 901. The van der Waals surface area contributed by atoms with E-state index in [1.54, 1.807) is 10.6 Å². The van der Waals surface area contributed by atoms with E-state index < -0.39 is 0 Å². The Morgan fingerprint density at radius 1 is 1.14 bits per heavy atom. The number of benzene rings is 2. The Balaban J connectivity index is 2.09. The number of fused-ring (bicyclic) bond motifs is 1. The van der Waals surface area contributed by atoms with Crippen LogP contribution in [0, 0.1) is 0 Å². The molecule has 0 saturated carbocycles. The fourth-order valence-electron chi connectivity index (χ4n) is 2.78. The SMILES string of the molecule is O=c1c2c(Cl)cccc2nc(C2CCN2)n1-c1ccccc1. The molecule has 1 atom stereocenters. The van der Waals surface area contributed by atoms with Gasteiger partial charge in [0.2, 0.25) is 0 Å². The molecule has 4 rings (SSSR count). The van der Waals surface area contributed by atoms with Crippen LogP contribution < -0.4 is 10.9 Å². The van der Waals surface area contributed by atoms with Gasteiger partial charge in [-0.2, -0.15) is 0 Å². The van der Waals surface area contributed by atoms with Crippen LogP contribution in [0.1, 0.15) is 18.3 Å². The smallest absolute Gasteiger partial charge is 0.267 e. The molecule has 1 saturated heterocycles. The van der Waals surface area contributed by atoms with Gasteiger partial charge >= 0.3 is 0 Å². The first kappa shape index (κ1) is 13.5. The maximum Gasteiger partial charge on any atom is 0.267 e. The van der Waals surface area contributed by atoms with Crippen LogP contribution >= 0.6 is 11.6 Å². The Hall–Kier alpha value is -2.17. The average molecular weight is 312 g/mol. The Morgan fingerprint density at radius 3 is 2.59 bits per heavy atom. The van der Waals surface area contributed by atoms with Crippen LogP contribution in [0.15, 0.2) is 53.3 Å². The summed E-state index contributed by atoms with van der Waals surface area (Å²) in [5.74, 6) is 0.747. The van der Waals surface area contributed by atoms with Crippen LogP contribution in [0.4, 0.5) is 0 Å². The average Bonchev–Trinajstić information content (AvgIpc) is 2.46. The molecular weight excluding hydrogens is 298 g/mol. The highest BCUT2D eigenvalue weighted by Crippen LogP contribution is 2.26. The molecule has 1 unspecified atom stereocenters. The van der Waals surface area contributed by atoms with E-state index in [4.69, 9.17) is 16.6 Å². The second kappa shape index (κ2) is 5.23. The topological polar surface area (TPSA) is 46.9 Å². The Labute approximate surface area is 132 Å². The molecule has 22 heavy (non-hydrogen) atoms. The van der Waals surface area contributed by atoms with Crippen LogP contribution in [-0.2, 0) is 0 Å². The minimum absolute atomic E-state index is 0.108. The minimum atomic E-state index is -0.120. The first-order valence-electron chi connectivity index (χ1n) is 7.25. The van der Waals surface area contributed by atoms with E-state index >= 15 is 0 Å². The molecule has 1 aliphatic heterocycles. The maximum atomic E-state index is 13.0. The molecule has 3 aromatic rings. The molecule has 110 valence electrons. The molecule has 4 nitrogen and oxygen atoms in total. The third-order valence-electron chi connectivity index (χ3n) is 4.02. The van der Waals surface area contributed by atoms with E-state index in [9.17, 15) is 4.79 Å². The van der Waals surface area contributed by atoms with E-state index in [1.807, 2.05) is 42.5 Å². The standard InChI is InChI=1S/C17H14ClN3O/c18-12-7-4-8-13-15(12)17(22)21(11-5-2-1-3-6-11)16(20-13)14-9-10-19-14/h1-8,14,19H,9-10H2. The summed E-state index contributed by atoms with van der Waals surface area (Å²) in [4.78, 5) is 17.7. The van der Waals surface area contributed by atoms with Gasteiger partial charge in [-0.05, 0) is 37.2 Å². The van der Waals surface area contributed by atoms with Crippen molar-refractivity contribution in [2.75, 3.05) is 6.54 Å². The minimum Gasteiger partial charge on any atom is -0.307 e. The van der Waals surface area contributed by atoms with Crippen molar-refractivity contribution in [2.45, 2.75) is 12.5 Å². The molecule has 1 N–H and O–H groups in total. The molecule has 2 heterocycles. The summed E-state index contributed by atoms with van der Waals surface area (Å²) in [6, 6.07) is 15.1. The van der Waals surface area contributed by atoms with Crippen LogP contribution in [0.5, 0.6) is 0 Å². The lowest BCUT2D eigenvalue weighted by molar-refractivity contribution is 0.360. The summed E-state index contributed by atoms with van der Waals surface area (Å²) in [6.45, 7) is 0.947. The summed E-state index contributed by atoms with van der Waals surface area (Å²) in [5.41, 5.74) is 1.34. The second-order valence-electron chi connectivity index (χ2n) is 5.38. The summed E-state index contributed by atoms with van der Waals surface area (Å²) in [7, 11) is 0. The fraction of sp³-hybridized carbons (Fsp3) is 0.176. The highest BCUT2D eigenvalue weighted by atomic mass is 35.5. The van der Waals surface area contributed by atoms with Gasteiger partial charge in [-0.15, -0.1) is 0 Å². The van der Waals surface area contributed by atoms with Gasteiger partial charge in [0.1, 0.15) is 5.82 Å². The second-order valence-corrected chi connectivity index (χ2v) is 5.78. The summed E-state index contributed by atoms with van der Waals surface area (Å²) < 4.78 is 1.67. The predicted octanol–water partition coefficient (Wildman–Crippen LogP) is 3.07. The normalized spacial score (nSPS) is 17.4. The van der Waals surface area contributed by atoms with Gasteiger partial charge in [-0.3, -0.25) is 9.36 Å². The van der Waals surface area contributed by atoms with Gasteiger partial charge in [-0.1, -0.05) is 35.9 Å². The lowest BCUT2D eigenvalue weighted by Gasteiger charge is -2.29. The molecule has 0 bridgehead atoms. The van der Waals surface area contributed by atoms with E-state index in [1.165, 1.54) is 0 Å². The van der Waals surface area contributed by atoms with Crippen molar-refractivity contribution in [1.82, 2.24) is 14.9 Å². The Kier molecular flexibility index (Phi) is 3.21. The highest BCUT2D eigenvalue weighted by Gasteiger charge is 2.26. The van der Waals surface area contributed by atoms with Gasteiger partial charge in [0.15, 0.2) is 0 Å². The van der Waals surface area contributed by atoms with Crippen LogP contribution in [0.2, 0.25) is 5.02 Å². The zero-order chi connectivity index (χ0) is 15.1. The highest BCUT2D eigenvalue weighted by molar-refractivity contribution is 6.35. The first-order valence-corrected chi connectivity index (χ1v) is 7.63. The van der Waals surface area contributed by atoms with Gasteiger partial charge < -0.3 is 5.32 Å². The largest absolute Gasteiger partial charge is 0.307 e. The molecule has 0 aliphatic carbocycles. The molecule has 5 heteroatoms. The summed E-state index contributed by atoms with van der Waals surface area (Å²) in [6.07, 6.45) is 0.978. The lowest BCUT2D eigenvalue weighted by atomic mass is 10.1. The number of hydrogen-bond donors (Lipinski definition) is 1. The predicted molar refractivity (Wildman–Crippen MR) is 87.7 cm³/mol. The van der Waals surface area contributed by atoms with Crippen molar-refractivity contribution in [2.24, 2.45) is 0 Å². The van der Waals surface area contributed by atoms with Gasteiger partial charge in [0.25, 0.3) is 5.56 Å². The number of hydrogen-bond acceptors (Lipinski definition) is 3. The monoisotopic (exact) mass is 311 g/mol. The van der Waals surface area contributed by atoms with Crippen LogP contribution in [-0.4, -0.2) is 16.1 Å². The number of rotatable bonds is 2. The maximum absolute atomic E-state index is 13.0. The van der Waals surface area contributed by atoms with Crippen molar-refractivity contribution in [3.63, 3.8) is 0 Å². The molecule has 1 fully saturated rings. The third kappa shape index (κ3) is 2.03. The zero-order valence-electron chi connectivity index (χ0n) is 11.8. The van der Waals surface area contributed by atoms with E-state index in [-0.39, 0.29) is 11.6 Å². The Morgan fingerprint density at radius 2 is 1.91 bits per heavy atom. The molecule has 2 aromatic carbocycles. The molecule has 1 aliphatic rings. The fourth-order valence-corrected chi connectivity index (χ4v) is 3.03. The van der Waals surface area contributed by atoms with Crippen molar-refractivity contribution in [3.8, 4) is 5.69 Å². The van der Waals surface area contributed by atoms with E-state index in [0.29, 0.717) is 15.9 Å². The summed E-state index contributed by atoms with van der Waals surface area (Å²) in [5, 5.41) is 4.23. The first-order chi connectivity index (χ1) is 10.8. The summed E-state index contributed by atoms with van der Waals surface area (Å²) >= 11 is 6.23. The lowest BCUT2D eigenvalue weighted by Crippen LogP contribution is -2.40. The van der Waals surface area contributed by atoms with Crippen LogP contribution in [0.3, 0.4) is 0 Å². The van der Waals surface area contributed by atoms with Crippen molar-refractivity contribution in [3.05, 3.63) is 69.7 Å². The molecule has 0 radical (unpaired) electrons. The van der Waals surface area contributed by atoms with Crippen molar-refractivity contribution < 1.29 is 0 Å². The van der Waals surface area contributed by atoms with Crippen LogP contribution in [0.25, 0.3) is 16.6 Å². The molecule has 0 spiro atoms. The molecular formula is C17H14ClN3O. The zero-order valence-corrected chi connectivity index (χ0v) is 12.5. The number of aromatic nitrogens is 2. The van der Waals surface area contributed by atoms with E-state index in [2.05, 4.69) is 5.32 Å². The van der Waals surface area contributed by atoms with Crippen molar-refractivity contribution >= 4 is 22.5 Å². The van der Waals surface area contributed by atoms with Gasteiger partial charge in [-0.25, -0.2) is 4.98 Å². The van der Waals surface area contributed by atoms with Crippen molar-refractivity contribution in [1.29, 1.82) is 0 Å². The van der Waals surface area contributed by atoms with E-state index in [0.717, 1.165) is 24.5 Å². The van der Waals surface area contributed by atoms with Gasteiger partial charge in [0.05, 0.1) is 27.7 Å². The number of nitrogens with zero attached hydrogens (tertiary/aromatic N) is 2. The molecule has 1 aromatic heterocycles. The van der Waals surface area contributed by atoms with Gasteiger partial charge in [0, 0.05) is 0 Å². The number of halogens is 1. The third-order valence-corrected chi connectivity index (χ3v) is 4.34. The molecule has 0 amide bonds. The number of nitrogens with one attached hydrogen (secondary N) is 1. The number of para-hydroxylation sites is 1.